The Bertz CT molecular complexity index is 598. The molecule has 0 radical (unpaired) electrons. The van der Waals surface area contributed by atoms with E-state index >= 15 is 0 Å². The van der Waals surface area contributed by atoms with Gasteiger partial charge < -0.3 is 4.74 Å². The average molecular weight is 289 g/mol. The van der Waals surface area contributed by atoms with Crippen molar-refractivity contribution in [3.63, 3.8) is 0 Å². The molecule has 0 atom stereocenters. The SMILES string of the molecule is Fc1cnc(C(F)(F)F)c(F)c1OCc1ccccc1. The van der Waals surface area contributed by atoms with Gasteiger partial charge in [0.05, 0.1) is 6.20 Å². The van der Waals surface area contributed by atoms with Crippen molar-refractivity contribution < 1.29 is 26.7 Å². The minimum Gasteiger partial charge on any atom is -0.483 e. The molecule has 0 amide bonds. The van der Waals surface area contributed by atoms with E-state index in [1.807, 2.05) is 0 Å². The number of benzene rings is 1. The van der Waals surface area contributed by atoms with Crippen LogP contribution in [0.1, 0.15) is 11.3 Å². The Morgan fingerprint density at radius 2 is 1.70 bits per heavy atom. The van der Waals surface area contributed by atoms with Crippen molar-refractivity contribution in [2.75, 3.05) is 0 Å². The third-order valence-electron chi connectivity index (χ3n) is 2.43. The lowest BCUT2D eigenvalue weighted by molar-refractivity contribution is -0.144. The highest BCUT2D eigenvalue weighted by Gasteiger charge is 2.38. The minimum absolute atomic E-state index is 0.254. The summed E-state index contributed by atoms with van der Waals surface area (Å²) in [6.07, 6.45) is -4.73. The van der Waals surface area contributed by atoms with E-state index in [0.717, 1.165) is 0 Å². The van der Waals surface area contributed by atoms with Crippen molar-refractivity contribution in [1.29, 1.82) is 0 Å². The zero-order valence-corrected chi connectivity index (χ0v) is 9.92. The molecule has 7 heteroatoms. The van der Waals surface area contributed by atoms with Gasteiger partial charge >= 0.3 is 6.18 Å². The normalized spacial score (nSPS) is 11.4. The van der Waals surface area contributed by atoms with Crippen molar-refractivity contribution >= 4 is 0 Å². The van der Waals surface area contributed by atoms with Crippen LogP contribution in [-0.2, 0) is 12.8 Å². The second-order valence-corrected chi connectivity index (χ2v) is 3.87. The molecular weight excluding hydrogens is 281 g/mol. The molecule has 1 aromatic heterocycles. The molecule has 0 aliphatic rings. The predicted molar refractivity (Wildman–Crippen MR) is 59.9 cm³/mol. The van der Waals surface area contributed by atoms with E-state index in [4.69, 9.17) is 4.74 Å². The molecule has 0 unspecified atom stereocenters. The summed E-state index contributed by atoms with van der Waals surface area (Å²) in [5, 5.41) is 0. The number of halogens is 5. The number of hydrogen-bond donors (Lipinski definition) is 0. The van der Waals surface area contributed by atoms with Gasteiger partial charge in [0.2, 0.25) is 0 Å². The summed E-state index contributed by atoms with van der Waals surface area (Å²) < 4.78 is 69.0. The quantitative estimate of drug-likeness (QED) is 0.798. The summed E-state index contributed by atoms with van der Waals surface area (Å²) in [7, 11) is 0. The predicted octanol–water partition coefficient (Wildman–Crippen LogP) is 3.96. The lowest BCUT2D eigenvalue weighted by Gasteiger charge is -2.12. The first-order valence-electron chi connectivity index (χ1n) is 5.47. The summed E-state index contributed by atoms with van der Waals surface area (Å²) in [6, 6.07) is 8.28. The number of ether oxygens (including phenoxy) is 1. The Kier molecular flexibility index (Phi) is 3.87. The maximum atomic E-state index is 13.6. The number of alkyl halides is 3. The molecule has 0 saturated heterocycles. The van der Waals surface area contributed by atoms with Gasteiger partial charge in [-0.1, -0.05) is 30.3 Å². The maximum absolute atomic E-state index is 13.6. The Balaban J connectivity index is 2.27. The van der Waals surface area contributed by atoms with Gasteiger partial charge in [0.15, 0.2) is 23.1 Å². The molecule has 0 spiro atoms. The van der Waals surface area contributed by atoms with E-state index in [1.54, 1.807) is 30.3 Å². The maximum Gasteiger partial charge on any atom is 0.436 e. The Morgan fingerprint density at radius 1 is 1.05 bits per heavy atom. The number of hydrogen-bond acceptors (Lipinski definition) is 2. The number of nitrogens with zero attached hydrogens (tertiary/aromatic N) is 1. The fourth-order valence-electron chi connectivity index (χ4n) is 1.51. The smallest absolute Gasteiger partial charge is 0.436 e. The number of aromatic nitrogens is 1. The highest BCUT2D eigenvalue weighted by molar-refractivity contribution is 5.29. The minimum atomic E-state index is -5.01. The number of pyridine rings is 1. The van der Waals surface area contributed by atoms with E-state index in [-0.39, 0.29) is 12.8 Å². The van der Waals surface area contributed by atoms with Crippen LogP contribution >= 0.6 is 0 Å². The molecule has 2 aromatic rings. The molecule has 0 fully saturated rings. The van der Waals surface area contributed by atoms with Crippen LogP contribution in [0.2, 0.25) is 0 Å². The van der Waals surface area contributed by atoms with E-state index in [0.29, 0.717) is 5.56 Å². The summed E-state index contributed by atoms with van der Waals surface area (Å²) in [4.78, 5) is 2.71. The van der Waals surface area contributed by atoms with Gasteiger partial charge in [-0.3, -0.25) is 0 Å². The van der Waals surface area contributed by atoms with Gasteiger partial charge in [-0.15, -0.1) is 0 Å². The molecule has 0 saturated carbocycles. The molecule has 2 rings (SSSR count). The van der Waals surface area contributed by atoms with Crippen LogP contribution in [0.3, 0.4) is 0 Å². The van der Waals surface area contributed by atoms with Crippen LogP contribution in [0.25, 0.3) is 0 Å². The fraction of sp³-hybridized carbons (Fsp3) is 0.154. The van der Waals surface area contributed by atoms with Crippen molar-refractivity contribution in [2.45, 2.75) is 12.8 Å². The first kappa shape index (κ1) is 14.2. The van der Waals surface area contributed by atoms with Crippen molar-refractivity contribution in [3.05, 3.63) is 59.4 Å². The van der Waals surface area contributed by atoms with Crippen LogP contribution in [-0.4, -0.2) is 4.98 Å². The van der Waals surface area contributed by atoms with Crippen molar-refractivity contribution in [3.8, 4) is 5.75 Å². The van der Waals surface area contributed by atoms with Gasteiger partial charge in [-0.25, -0.2) is 13.8 Å². The second kappa shape index (κ2) is 5.44. The van der Waals surface area contributed by atoms with Crippen LogP contribution in [0.15, 0.2) is 36.5 Å². The molecule has 0 aliphatic carbocycles. The van der Waals surface area contributed by atoms with Gasteiger partial charge in [-0.2, -0.15) is 13.2 Å². The van der Waals surface area contributed by atoms with Gasteiger partial charge in [0.1, 0.15) is 6.61 Å². The highest BCUT2D eigenvalue weighted by Crippen LogP contribution is 2.34. The first-order chi connectivity index (χ1) is 9.39. The lowest BCUT2D eigenvalue weighted by atomic mass is 10.2. The Morgan fingerprint density at radius 3 is 2.30 bits per heavy atom. The summed E-state index contributed by atoms with van der Waals surface area (Å²) in [5.41, 5.74) is -1.24. The topological polar surface area (TPSA) is 22.1 Å². The van der Waals surface area contributed by atoms with Crippen LogP contribution in [0.5, 0.6) is 5.75 Å². The average Bonchev–Trinajstić information content (AvgIpc) is 2.38. The molecule has 0 bridgehead atoms. The van der Waals surface area contributed by atoms with Crippen LogP contribution < -0.4 is 4.74 Å². The van der Waals surface area contributed by atoms with Gasteiger partial charge in [-0.05, 0) is 5.56 Å². The van der Waals surface area contributed by atoms with Crippen molar-refractivity contribution in [2.24, 2.45) is 0 Å². The molecule has 106 valence electrons. The zero-order chi connectivity index (χ0) is 14.8. The first-order valence-corrected chi connectivity index (χ1v) is 5.47. The third kappa shape index (κ3) is 3.04. The summed E-state index contributed by atoms with van der Waals surface area (Å²) in [5.74, 6) is -4.23. The molecule has 0 N–H and O–H groups in total. The molecule has 20 heavy (non-hydrogen) atoms. The van der Waals surface area contributed by atoms with Crippen LogP contribution in [0.4, 0.5) is 22.0 Å². The third-order valence-corrected chi connectivity index (χ3v) is 2.43. The standard InChI is InChI=1S/C13H8F5NO/c14-9-6-19-12(13(16,17)18)10(15)11(9)20-7-8-4-2-1-3-5-8/h1-6H,7H2. The summed E-state index contributed by atoms with van der Waals surface area (Å²) >= 11 is 0. The number of rotatable bonds is 3. The zero-order valence-electron chi connectivity index (χ0n) is 9.92. The molecular formula is C13H8F5NO. The molecule has 2 nitrogen and oxygen atoms in total. The second-order valence-electron chi connectivity index (χ2n) is 3.87. The van der Waals surface area contributed by atoms with E-state index in [1.165, 1.54) is 0 Å². The monoisotopic (exact) mass is 289 g/mol. The largest absolute Gasteiger partial charge is 0.483 e. The van der Waals surface area contributed by atoms with E-state index < -0.39 is 29.3 Å². The molecule has 1 heterocycles. The van der Waals surface area contributed by atoms with Gasteiger partial charge in [0, 0.05) is 0 Å². The van der Waals surface area contributed by atoms with E-state index in [9.17, 15) is 22.0 Å². The lowest BCUT2D eigenvalue weighted by Crippen LogP contribution is -2.13. The molecule has 0 aliphatic heterocycles. The fourth-order valence-corrected chi connectivity index (χ4v) is 1.51. The highest BCUT2D eigenvalue weighted by atomic mass is 19.4. The van der Waals surface area contributed by atoms with E-state index in [2.05, 4.69) is 4.98 Å². The summed E-state index contributed by atoms with van der Waals surface area (Å²) in [6.45, 7) is -0.254. The Hall–Kier alpha value is -2.18. The Labute approximate surface area is 110 Å². The van der Waals surface area contributed by atoms with Crippen molar-refractivity contribution in [1.82, 2.24) is 4.98 Å². The molecule has 1 aromatic carbocycles. The van der Waals surface area contributed by atoms with Gasteiger partial charge in [0.25, 0.3) is 0 Å². The van der Waals surface area contributed by atoms with Crippen LogP contribution in [0, 0.1) is 11.6 Å².